The van der Waals surface area contributed by atoms with Gasteiger partial charge < -0.3 is 14.7 Å². The molecule has 0 saturated carbocycles. The van der Waals surface area contributed by atoms with Gasteiger partial charge in [-0.2, -0.15) is 0 Å². The van der Waals surface area contributed by atoms with Crippen molar-refractivity contribution in [3.8, 4) is 0 Å². The Labute approximate surface area is 168 Å². The van der Waals surface area contributed by atoms with E-state index in [0.29, 0.717) is 0 Å². The Morgan fingerprint density at radius 1 is 0.750 bits per heavy atom. The number of hydrogen-bond acceptors (Lipinski definition) is 3. The molecule has 2 fully saturated rings. The van der Waals surface area contributed by atoms with Gasteiger partial charge in [0.2, 0.25) is 0 Å². The van der Waals surface area contributed by atoms with Crippen molar-refractivity contribution in [3.63, 3.8) is 0 Å². The van der Waals surface area contributed by atoms with Crippen LogP contribution in [0.3, 0.4) is 0 Å². The first-order valence-corrected chi connectivity index (χ1v) is 10.6. The van der Waals surface area contributed by atoms with Gasteiger partial charge in [-0.15, -0.1) is 0 Å². The summed E-state index contributed by atoms with van der Waals surface area (Å²) in [7, 11) is 0. The standard InChI is InChI=1S/C24H31N3O/c1-19-3-5-21(6-4-19)24(28)27-17-15-26(16-18-27)23-9-7-22(8-10-23)25-13-11-20(2)12-14-25/h3-10,20H,11-18H2,1-2H3. The number of nitrogens with zero attached hydrogens (tertiary/aromatic N) is 3. The average Bonchev–Trinajstić information content (AvgIpc) is 2.75. The predicted molar refractivity (Wildman–Crippen MR) is 116 cm³/mol. The first kappa shape index (κ1) is 18.9. The third kappa shape index (κ3) is 4.16. The van der Waals surface area contributed by atoms with E-state index in [2.05, 4.69) is 41.0 Å². The maximum Gasteiger partial charge on any atom is 0.253 e. The van der Waals surface area contributed by atoms with E-state index in [1.165, 1.54) is 42.9 Å². The molecule has 1 amide bonds. The minimum absolute atomic E-state index is 0.148. The second kappa shape index (κ2) is 8.26. The highest BCUT2D eigenvalue weighted by molar-refractivity contribution is 5.94. The molecule has 2 aliphatic heterocycles. The Morgan fingerprint density at radius 2 is 1.25 bits per heavy atom. The summed E-state index contributed by atoms with van der Waals surface area (Å²) in [6.45, 7) is 10.1. The Kier molecular flexibility index (Phi) is 5.56. The van der Waals surface area contributed by atoms with Gasteiger partial charge in [0, 0.05) is 56.2 Å². The van der Waals surface area contributed by atoms with Crippen LogP contribution in [0.5, 0.6) is 0 Å². The largest absolute Gasteiger partial charge is 0.372 e. The number of hydrogen-bond donors (Lipinski definition) is 0. The molecular formula is C24H31N3O. The van der Waals surface area contributed by atoms with E-state index in [4.69, 9.17) is 0 Å². The summed E-state index contributed by atoms with van der Waals surface area (Å²) in [6.07, 6.45) is 2.58. The zero-order chi connectivity index (χ0) is 19.5. The van der Waals surface area contributed by atoms with Crippen LogP contribution in [0.25, 0.3) is 0 Å². The Morgan fingerprint density at radius 3 is 1.79 bits per heavy atom. The molecule has 2 aliphatic rings. The molecular weight excluding hydrogens is 346 g/mol. The minimum Gasteiger partial charge on any atom is -0.372 e. The first-order chi connectivity index (χ1) is 13.6. The Hall–Kier alpha value is -2.49. The van der Waals surface area contributed by atoms with Crippen LogP contribution in [0.2, 0.25) is 0 Å². The lowest BCUT2D eigenvalue weighted by Crippen LogP contribution is -2.48. The van der Waals surface area contributed by atoms with Crippen LogP contribution in [0.1, 0.15) is 35.7 Å². The Balaban J connectivity index is 1.33. The van der Waals surface area contributed by atoms with Crippen molar-refractivity contribution < 1.29 is 4.79 Å². The van der Waals surface area contributed by atoms with Crippen molar-refractivity contribution in [1.29, 1.82) is 0 Å². The lowest BCUT2D eigenvalue weighted by Gasteiger charge is -2.36. The summed E-state index contributed by atoms with van der Waals surface area (Å²) < 4.78 is 0. The molecule has 0 unspecified atom stereocenters. The third-order valence-corrected chi connectivity index (χ3v) is 6.23. The quantitative estimate of drug-likeness (QED) is 0.802. The molecule has 148 valence electrons. The van der Waals surface area contributed by atoms with E-state index < -0.39 is 0 Å². The van der Waals surface area contributed by atoms with E-state index in [0.717, 1.165) is 37.7 Å². The number of aryl methyl sites for hydroxylation is 1. The van der Waals surface area contributed by atoms with E-state index >= 15 is 0 Å². The molecule has 2 aromatic rings. The van der Waals surface area contributed by atoms with E-state index in [1.807, 2.05) is 36.1 Å². The number of piperidine rings is 1. The molecule has 0 spiro atoms. The maximum absolute atomic E-state index is 12.7. The van der Waals surface area contributed by atoms with E-state index in [9.17, 15) is 4.79 Å². The number of carbonyl (C=O) groups is 1. The summed E-state index contributed by atoms with van der Waals surface area (Å²) in [5.74, 6) is 1.00. The molecule has 0 bridgehead atoms. The molecule has 2 aromatic carbocycles. The molecule has 2 saturated heterocycles. The monoisotopic (exact) mass is 377 g/mol. The van der Waals surface area contributed by atoms with Crippen LogP contribution in [-0.2, 0) is 0 Å². The highest BCUT2D eigenvalue weighted by atomic mass is 16.2. The average molecular weight is 378 g/mol. The van der Waals surface area contributed by atoms with Crippen LogP contribution >= 0.6 is 0 Å². The summed E-state index contributed by atoms with van der Waals surface area (Å²) >= 11 is 0. The molecule has 28 heavy (non-hydrogen) atoms. The molecule has 0 atom stereocenters. The second-order valence-corrected chi connectivity index (χ2v) is 8.33. The summed E-state index contributed by atoms with van der Waals surface area (Å²) in [4.78, 5) is 19.6. The van der Waals surface area contributed by atoms with E-state index in [1.54, 1.807) is 0 Å². The lowest BCUT2D eigenvalue weighted by molar-refractivity contribution is 0.0747. The van der Waals surface area contributed by atoms with Gasteiger partial charge in [-0.3, -0.25) is 4.79 Å². The maximum atomic E-state index is 12.7. The van der Waals surface area contributed by atoms with Crippen molar-refractivity contribution in [2.45, 2.75) is 26.7 Å². The first-order valence-electron chi connectivity index (χ1n) is 10.6. The topological polar surface area (TPSA) is 26.8 Å². The van der Waals surface area contributed by atoms with Crippen molar-refractivity contribution in [2.24, 2.45) is 5.92 Å². The van der Waals surface area contributed by atoms with Gasteiger partial charge in [0.1, 0.15) is 0 Å². The van der Waals surface area contributed by atoms with E-state index in [-0.39, 0.29) is 5.91 Å². The number of anilines is 2. The van der Waals surface area contributed by atoms with Crippen LogP contribution in [0, 0.1) is 12.8 Å². The van der Waals surface area contributed by atoms with Gasteiger partial charge in [-0.25, -0.2) is 0 Å². The molecule has 2 heterocycles. The molecule has 4 rings (SSSR count). The normalized spacial score (nSPS) is 18.4. The fourth-order valence-corrected chi connectivity index (χ4v) is 4.19. The highest BCUT2D eigenvalue weighted by Crippen LogP contribution is 2.26. The molecule has 0 radical (unpaired) electrons. The molecule has 4 heteroatoms. The molecule has 0 aromatic heterocycles. The molecule has 4 nitrogen and oxygen atoms in total. The zero-order valence-corrected chi connectivity index (χ0v) is 17.1. The molecule has 0 N–H and O–H groups in total. The van der Waals surface area contributed by atoms with Gasteiger partial charge in [0.15, 0.2) is 0 Å². The van der Waals surface area contributed by atoms with Gasteiger partial charge in [-0.1, -0.05) is 24.6 Å². The van der Waals surface area contributed by atoms with Crippen molar-refractivity contribution in [1.82, 2.24) is 4.90 Å². The number of rotatable bonds is 3. The second-order valence-electron chi connectivity index (χ2n) is 8.33. The SMILES string of the molecule is Cc1ccc(C(=O)N2CCN(c3ccc(N4CCC(C)CC4)cc3)CC2)cc1. The Bertz CT molecular complexity index is 784. The number of amides is 1. The molecule has 0 aliphatic carbocycles. The fraction of sp³-hybridized carbons (Fsp3) is 0.458. The smallest absolute Gasteiger partial charge is 0.253 e. The van der Waals surface area contributed by atoms with Crippen molar-refractivity contribution in [3.05, 3.63) is 59.7 Å². The van der Waals surface area contributed by atoms with Crippen LogP contribution < -0.4 is 9.80 Å². The highest BCUT2D eigenvalue weighted by Gasteiger charge is 2.22. The number of carbonyl (C=O) groups excluding carboxylic acids is 1. The van der Waals surface area contributed by atoms with Crippen LogP contribution in [0.4, 0.5) is 11.4 Å². The van der Waals surface area contributed by atoms with Gasteiger partial charge >= 0.3 is 0 Å². The van der Waals surface area contributed by atoms with Gasteiger partial charge in [-0.05, 0) is 62.1 Å². The van der Waals surface area contributed by atoms with Gasteiger partial charge in [0.25, 0.3) is 5.91 Å². The minimum atomic E-state index is 0.148. The predicted octanol–water partition coefficient (Wildman–Crippen LogP) is 4.19. The number of piperazine rings is 1. The van der Waals surface area contributed by atoms with Crippen LogP contribution in [0.15, 0.2) is 48.5 Å². The summed E-state index contributed by atoms with van der Waals surface area (Å²) in [6, 6.07) is 16.9. The summed E-state index contributed by atoms with van der Waals surface area (Å²) in [5.41, 5.74) is 4.57. The number of benzene rings is 2. The van der Waals surface area contributed by atoms with Crippen molar-refractivity contribution >= 4 is 17.3 Å². The van der Waals surface area contributed by atoms with Gasteiger partial charge in [0.05, 0.1) is 0 Å². The lowest BCUT2D eigenvalue weighted by atomic mass is 9.99. The third-order valence-electron chi connectivity index (χ3n) is 6.23. The zero-order valence-electron chi connectivity index (χ0n) is 17.1. The summed E-state index contributed by atoms with van der Waals surface area (Å²) in [5, 5.41) is 0. The van der Waals surface area contributed by atoms with Crippen molar-refractivity contribution in [2.75, 3.05) is 49.1 Å². The van der Waals surface area contributed by atoms with Crippen LogP contribution in [-0.4, -0.2) is 50.1 Å². The fourth-order valence-electron chi connectivity index (χ4n) is 4.19.